The number of anilines is 1. The predicted molar refractivity (Wildman–Crippen MR) is 75.9 cm³/mol. The number of nitrogens with zero attached hydrogens (tertiary/aromatic N) is 1. The first-order valence-corrected chi connectivity index (χ1v) is 6.42. The van der Waals surface area contributed by atoms with Crippen molar-refractivity contribution in [3.8, 4) is 0 Å². The van der Waals surface area contributed by atoms with E-state index < -0.39 is 0 Å². The summed E-state index contributed by atoms with van der Waals surface area (Å²) in [5.74, 6) is -0.390. The lowest BCUT2D eigenvalue weighted by Crippen LogP contribution is -2.41. The van der Waals surface area contributed by atoms with E-state index in [4.69, 9.17) is 5.73 Å². The van der Waals surface area contributed by atoms with Crippen molar-refractivity contribution in [1.82, 2.24) is 4.90 Å². The fourth-order valence-corrected chi connectivity index (χ4v) is 2.37. The maximum atomic E-state index is 12.4. The first-order valence-electron chi connectivity index (χ1n) is 6.42. The van der Waals surface area contributed by atoms with Gasteiger partial charge in [-0.1, -0.05) is 30.3 Å². The largest absolute Gasteiger partial charge is 0.399 e. The molecule has 0 unspecified atom stereocenters. The molecule has 0 bridgehead atoms. The van der Waals surface area contributed by atoms with E-state index >= 15 is 0 Å². The number of imide groups is 1. The Hall–Kier alpha value is -2.62. The minimum absolute atomic E-state index is 0.162. The summed E-state index contributed by atoms with van der Waals surface area (Å²) >= 11 is 0. The van der Waals surface area contributed by atoms with Crippen LogP contribution in [0.5, 0.6) is 0 Å². The molecular weight excluding hydrogens is 252 g/mol. The smallest absolute Gasteiger partial charge is 0.261 e. The number of nitrogens with two attached hydrogens (primary N) is 1. The molecule has 1 aliphatic heterocycles. The molecule has 2 amide bonds. The fourth-order valence-electron chi connectivity index (χ4n) is 2.37. The summed E-state index contributed by atoms with van der Waals surface area (Å²) in [4.78, 5) is 25.8. The van der Waals surface area contributed by atoms with E-state index in [-0.39, 0.29) is 24.8 Å². The van der Waals surface area contributed by atoms with Crippen molar-refractivity contribution in [2.24, 2.45) is 0 Å². The Balaban J connectivity index is 1.89. The first kappa shape index (κ1) is 12.4. The highest BCUT2D eigenvalue weighted by Crippen LogP contribution is 2.21. The molecule has 2 aromatic rings. The van der Waals surface area contributed by atoms with Crippen LogP contribution in [-0.2, 0) is 17.8 Å². The van der Waals surface area contributed by atoms with Crippen LogP contribution in [0, 0.1) is 0 Å². The molecule has 2 aromatic carbocycles. The zero-order valence-corrected chi connectivity index (χ0v) is 10.9. The molecule has 1 aliphatic rings. The Morgan fingerprint density at radius 1 is 1.00 bits per heavy atom. The van der Waals surface area contributed by atoms with Crippen molar-refractivity contribution in [2.75, 3.05) is 5.73 Å². The lowest BCUT2D eigenvalue weighted by atomic mass is 9.98. The second kappa shape index (κ2) is 4.81. The van der Waals surface area contributed by atoms with E-state index in [0.717, 1.165) is 11.1 Å². The Bertz CT molecular complexity index is 677. The van der Waals surface area contributed by atoms with Crippen molar-refractivity contribution in [3.05, 3.63) is 65.2 Å². The van der Waals surface area contributed by atoms with Crippen LogP contribution in [0.25, 0.3) is 0 Å². The van der Waals surface area contributed by atoms with Gasteiger partial charge in [0.15, 0.2) is 0 Å². The van der Waals surface area contributed by atoms with Crippen molar-refractivity contribution < 1.29 is 9.59 Å². The van der Waals surface area contributed by atoms with Crippen LogP contribution < -0.4 is 5.73 Å². The van der Waals surface area contributed by atoms with Crippen LogP contribution in [0.15, 0.2) is 48.5 Å². The van der Waals surface area contributed by atoms with E-state index in [0.29, 0.717) is 11.3 Å². The number of amides is 2. The van der Waals surface area contributed by atoms with Gasteiger partial charge in [0.05, 0.1) is 13.0 Å². The first-order chi connectivity index (χ1) is 9.65. The highest BCUT2D eigenvalue weighted by molar-refractivity contribution is 6.09. The van der Waals surface area contributed by atoms with Crippen LogP contribution in [0.4, 0.5) is 5.69 Å². The third-order valence-electron chi connectivity index (χ3n) is 3.46. The average Bonchev–Trinajstić information content (AvgIpc) is 2.45. The molecule has 20 heavy (non-hydrogen) atoms. The molecule has 4 nitrogen and oxygen atoms in total. The summed E-state index contributed by atoms with van der Waals surface area (Å²) in [5, 5.41) is 0. The van der Waals surface area contributed by atoms with Gasteiger partial charge >= 0.3 is 0 Å². The molecule has 0 saturated heterocycles. The number of fused-ring (bicyclic) bond motifs is 1. The average molecular weight is 266 g/mol. The molecule has 100 valence electrons. The van der Waals surface area contributed by atoms with Gasteiger partial charge in [-0.3, -0.25) is 14.5 Å². The van der Waals surface area contributed by atoms with Gasteiger partial charge in [-0.05, 0) is 29.3 Å². The summed E-state index contributed by atoms with van der Waals surface area (Å²) < 4.78 is 0. The zero-order chi connectivity index (χ0) is 14.1. The molecule has 0 fully saturated rings. The summed E-state index contributed by atoms with van der Waals surface area (Å²) in [6.07, 6.45) is 0.275. The predicted octanol–water partition coefficient (Wildman–Crippen LogP) is 1.99. The Morgan fingerprint density at radius 3 is 2.45 bits per heavy atom. The van der Waals surface area contributed by atoms with E-state index in [9.17, 15) is 9.59 Å². The molecule has 3 rings (SSSR count). The van der Waals surface area contributed by atoms with Crippen molar-refractivity contribution >= 4 is 17.5 Å². The molecule has 0 aromatic heterocycles. The third-order valence-corrected chi connectivity index (χ3v) is 3.46. The number of benzene rings is 2. The summed E-state index contributed by atoms with van der Waals surface area (Å²) in [6.45, 7) is 0.284. The van der Waals surface area contributed by atoms with Gasteiger partial charge in [-0.15, -0.1) is 0 Å². The maximum Gasteiger partial charge on any atom is 0.261 e. The summed E-state index contributed by atoms with van der Waals surface area (Å²) in [7, 11) is 0. The molecular formula is C16H14N2O2. The lowest BCUT2D eigenvalue weighted by Gasteiger charge is -2.26. The SMILES string of the molecule is Nc1ccc(CN2C(=O)Cc3ccccc3C2=O)cc1. The Kier molecular flexibility index (Phi) is 2.99. The molecule has 0 saturated carbocycles. The van der Waals surface area contributed by atoms with E-state index in [1.807, 2.05) is 30.3 Å². The van der Waals surface area contributed by atoms with Gasteiger partial charge in [0.2, 0.25) is 5.91 Å². The normalized spacial score (nSPS) is 14.3. The van der Waals surface area contributed by atoms with E-state index in [1.54, 1.807) is 18.2 Å². The Labute approximate surface area is 116 Å². The maximum absolute atomic E-state index is 12.4. The quantitative estimate of drug-likeness (QED) is 0.668. The minimum atomic E-state index is -0.228. The topological polar surface area (TPSA) is 63.4 Å². The molecule has 4 heteroatoms. The van der Waals surface area contributed by atoms with Crippen molar-refractivity contribution in [2.45, 2.75) is 13.0 Å². The number of nitrogen functional groups attached to an aromatic ring is 1. The van der Waals surface area contributed by atoms with Gasteiger partial charge in [-0.2, -0.15) is 0 Å². The molecule has 2 N–H and O–H groups in total. The number of hydrogen-bond donors (Lipinski definition) is 1. The summed E-state index contributed by atoms with van der Waals surface area (Å²) in [6, 6.07) is 14.4. The van der Waals surface area contributed by atoms with Gasteiger partial charge in [0, 0.05) is 11.3 Å². The molecule has 0 aliphatic carbocycles. The van der Waals surface area contributed by atoms with E-state index in [2.05, 4.69) is 0 Å². The highest BCUT2D eigenvalue weighted by atomic mass is 16.2. The van der Waals surface area contributed by atoms with Crippen LogP contribution in [-0.4, -0.2) is 16.7 Å². The number of hydrogen-bond acceptors (Lipinski definition) is 3. The number of rotatable bonds is 2. The molecule has 0 spiro atoms. The highest BCUT2D eigenvalue weighted by Gasteiger charge is 2.30. The van der Waals surface area contributed by atoms with Crippen LogP contribution in [0.3, 0.4) is 0 Å². The van der Waals surface area contributed by atoms with Gasteiger partial charge < -0.3 is 5.73 Å². The van der Waals surface area contributed by atoms with Gasteiger partial charge in [0.1, 0.15) is 0 Å². The van der Waals surface area contributed by atoms with Crippen LogP contribution in [0.1, 0.15) is 21.5 Å². The van der Waals surface area contributed by atoms with Crippen LogP contribution >= 0.6 is 0 Å². The van der Waals surface area contributed by atoms with Crippen LogP contribution in [0.2, 0.25) is 0 Å². The third kappa shape index (κ3) is 2.16. The monoisotopic (exact) mass is 266 g/mol. The second-order valence-electron chi connectivity index (χ2n) is 4.86. The minimum Gasteiger partial charge on any atom is -0.399 e. The van der Waals surface area contributed by atoms with E-state index in [1.165, 1.54) is 4.90 Å². The zero-order valence-electron chi connectivity index (χ0n) is 10.9. The number of carbonyl (C=O) groups excluding carboxylic acids is 2. The molecule has 0 radical (unpaired) electrons. The fraction of sp³-hybridized carbons (Fsp3) is 0.125. The lowest BCUT2D eigenvalue weighted by molar-refractivity contribution is -0.128. The molecule has 0 atom stereocenters. The number of carbonyl (C=O) groups is 2. The van der Waals surface area contributed by atoms with Gasteiger partial charge in [0.25, 0.3) is 5.91 Å². The standard InChI is InChI=1S/C16H14N2O2/c17-13-7-5-11(6-8-13)10-18-15(19)9-12-3-1-2-4-14(12)16(18)20/h1-8H,9-10,17H2. The van der Waals surface area contributed by atoms with Crippen molar-refractivity contribution in [1.29, 1.82) is 0 Å². The Morgan fingerprint density at radius 2 is 1.70 bits per heavy atom. The van der Waals surface area contributed by atoms with Crippen molar-refractivity contribution in [3.63, 3.8) is 0 Å². The second-order valence-corrected chi connectivity index (χ2v) is 4.86. The van der Waals surface area contributed by atoms with Gasteiger partial charge in [-0.25, -0.2) is 0 Å². The molecule has 1 heterocycles. The summed E-state index contributed by atoms with van der Waals surface area (Å²) in [5.41, 5.74) is 8.60.